The smallest absolute Gasteiger partial charge is 0.307 e. The van der Waals surface area contributed by atoms with Crippen LogP contribution in [0.15, 0.2) is 36.4 Å². The molecule has 0 N–H and O–H groups in total. The molecule has 0 aromatic heterocycles. The normalized spacial score (nSPS) is 16.1. The number of rotatable bonds is 11. The molecule has 0 saturated carbocycles. The van der Waals surface area contributed by atoms with Gasteiger partial charge in [0.05, 0.1) is 28.0 Å². The summed E-state index contributed by atoms with van der Waals surface area (Å²) in [6, 6.07) is 11.6. The summed E-state index contributed by atoms with van der Waals surface area (Å²) in [5.74, 6) is 0.611. The van der Waals surface area contributed by atoms with E-state index in [0.717, 1.165) is 68.3 Å². The fourth-order valence-corrected chi connectivity index (χ4v) is 5.27. The van der Waals surface area contributed by atoms with Gasteiger partial charge in [-0.2, -0.15) is 0 Å². The van der Waals surface area contributed by atoms with E-state index in [1.165, 1.54) is 0 Å². The van der Waals surface area contributed by atoms with E-state index in [2.05, 4.69) is 9.80 Å². The predicted octanol–water partition coefficient (Wildman–Crippen LogP) is 5.80. The van der Waals surface area contributed by atoms with Gasteiger partial charge in [0.2, 0.25) is 5.91 Å². The van der Waals surface area contributed by atoms with E-state index in [-0.39, 0.29) is 24.5 Å². The zero-order valence-corrected chi connectivity index (χ0v) is 23.8. The Morgan fingerprint density at radius 3 is 2.55 bits per heavy atom. The summed E-state index contributed by atoms with van der Waals surface area (Å²) in [4.78, 5) is 30.9. The number of hydrogen-bond donors (Lipinski definition) is 0. The van der Waals surface area contributed by atoms with E-state index in [4.69, 9.17) is 32.7 Å². The Labute approximate surface area is 235 Å². The van der Waals surface area contributed by atoms with Crippen LogP contribution >= 0.6 is 23.2 Å². The third kappa shape index (κ3) is 7.55. The van der Waals surface area contributed by atoms with Crippen LogP contribution in [0.1, 0.15) is 45.1 Å². The molecule has 0 atom stereocenters. The van der Waals surface area contributed by atoms with Gasteiger partial charge in [-0.15, -0.1) is 0 Å². The molecule has 1 saturated heterocycles. The number of benzene rings is 2. The maximum absolute atomic E-state index is 12.6. The highest BCUT2D eigenvalue weighted by Crippen LogP contribution is 2.33. The number of esters is 1. The lowest BCUT2D eigenvalue weighted by molar-refractivity contribution is -0.145. The van der Waals surface area contributed by atoms with Crippen molar-refractivity contribution in [2.24, 2.45) is 5.92 Å². The van der Waals surface area contributed by atoms with Gasteiger partial charge in [-0.3, -0.25) is 19.4 Å². The van der Waals surface area contributed by atoms with E-state index >= 15 is 0 Å². The maximum atomic E-state index is 12.6. The minimum atomic E-state index is -0.290. The quantitative estimate of drug-likeness (QED) is 0.255. The van der Waals surface area contributed by atoms with Crippen molar-refractivity contribution in [2.75, 3.05) is 55.9 Å². The van der Waals surface area contributed by atoms with Crippen LogP contribution < -0.4 is 14.5 Å². The van der Waals surface area contributed by atoms with E-state index < -0.39 is 0 Å². The average molecular weight is 563 g/mol. The molecule has 2 aliphatic heterocycles. The molecule has 0 aliphatic carbocycles. The lowest BCUT2D eigenvalue weighted by Crippen LogP contribution is -2.46. The van der Waals surface area contributed by atoms with Crippen molar-refractivity contribution >= 4 is 46.5 Å². The second-order valence-corrected chi connectivity index (χ2v) is 11.1. The largest absolute Gasteiger partial charge is 0.494 e. The van der Waals surface area contributed by atoms with Crippen LogP contribution in [0, 0.1) is 5.92 Å². The van der Waals surface area contributed by atoms with Gasteiger partial charge in [0, 0.05) is 45.1 Å². The third-order valence-corrected chi connectivity index (χ3v) is 7.78. The first-order valence-electron chi connectivity index (χ1n) is 13.4. The molecule has 38 heavy (non-hydrogen) atoms. The standard InChI is InChI=1S/C29H37Cl2N3O4/c1-21(2)18-28(36)38-20-34-26-19-23(10-8-22(26)9-11-27(34)35)37-17-4-3-12-32-13-15-33(16-14-32)25-7-5-6-24(30)29(25)31/h5-8,10,19,21H,3-4,9,11-18,20H2,1-2H3. The molecular weight excluding hydrogens is 525 g/mol. The molecule has 0 unspecified atom stereocenters. The number of hydrogen-bond acceptors (Lipinski definition) is 6. The summed E-state index contributed by atoms with van der Waals surface area (Å²) in [7, 11) is 0. The minimum absolute atomic E-state index is 0.0373. The molecule has 0 spiro atoms. The van der Waals surface area contributed by atoms with Crippen molar-refractivity contribution in [3.8, 4) is 5.75 Å². The van der Waals surface area contributed by atoms with Gasteiger partial charge in [0.15, 0.2) is 6.73 Å². The van der Waals surface area contributed by atoms with Crippen molar-refractivity contribution in [3.05, 3.63) is 52.0 Å². The van der Waals surface area contributed by atoms with Crippen LogP contribution in [0.4, 0.5) is 11.4 Å². The van der Waals surface area contributed by atoms with Gasteiger partial charge in [-0.1, -0.05) is 49.2 Å². The second kappa shape index (κ2) is 13.5. The van der Waals surface area contributed by atoms with Crippen LogP contribution in [0.3, 0.4) is 0 Å². The molecule has 2 aliphatic rings. The van der Waals surface area contributed by atoms with Crippen LogP contribution in [0.2, 0.25) is 10.0 Å². The number of carbonyl (C=O) groups is 2. The number of ether oxygens (including phenoxy) is 2. The van der Waals surface area contributed by atoms with E-state index in [1.54, 1.807) is 4.90 Å². The SMILES string of the molecule is CC(C)CC(=O)OCN1C(=O)CCc2ccc(OCCCCN3CCN(c4cccc(Cl)c4Cl)CC3)cc21. The van der Waals surface area contributed by atoms with Gasteiger partial charge in [0.1, 0.15) is 5.75 Å². The van der Waals surface area contributed by atoms with E-state index in [1.807, 2.05) is 50.2 Å². The van der Waals surface area contributed by atoms with E-state index in [0.29, 0.717) is 35.9 Å². The minimum Gasteiger partial charge on any atom is -0.494 e. The van der Waals surface area contributed by atoms with Gasteiger partial charge in [-0.25, -0.2) is 0 Å². The number of anilines is 2. The molecule has 0 bridgehead atoms. The monoisotopic (exact) mass is 561 g/mol. The van der Waals surface area contributed by atoms with Gasteiger partial charge in [-0.05, 0) is 55.5 Å². The Bertz CT molecular complexity index is 1120. The van der Waals surface area contributed by atoms with Crippen LogP contribution in [-0.4, -0.2) is 62.8 Å². The van der Waals surface area contributed by atoms with Crippen LogP contribution in [0.5, 0.6) is 5.75 Å². The fourth-order valence-electron chi connectivity index (χ4n) is 4.85. The summed E-state index contributed by atoms with van der Waals surface area (Å²) < 4.78 is 11.4. The predicted molar refractivity (Wildman–Crippen MR) is 153 cm³/mol. The zero-order chi connectivity index (χ0) is 27.1. The number of piperazine rings is 1. The molecule has 4 rings (SSSR count). The molecule has 2 heterocycles. The Kier molecular flexibility index (Phi) is 10.2. The number of carbonyl (C=O) groups excluding carboxylic acids is 2. The molecule has 2 aromatic rings. The Balaban J connectivity index is 1.20. The molecule has 1 amide bonds. The fraction of sp³-hybridized carbons (Fsp3) is 0.517. The topological polar surface area (TPSA) is 62.3 Å². The number of amides is 1. The molecule has 7 nitrogen and oxygen atoms in total. The molecule has 206 valence electrons. The summed E-state index contributed by atoms with van der Waals surface area (Å²) in [6.07, 6.45) is 3.41. The summed E-state index contributed by atoms with van der Waals surface area (Å²) in [5, 5.41) is 1.22. The lowest BCUT2D eigenvalue weighted by Gasteiger charge is -2.36. The number of fused-ring (bicyclic) bond motifs is 1. The number of aryl methyl sites for hydroxylation is 1. The number of nitrogens with zero attached hydrogens (tertiary/aromatic N) is 3. The highest BCUT2D eigenvalue weighted by atomic mass is 35.5. The number of halogens is 2. The highest BCUT2D eigenvalue weighted by Gasteiger charge is 2.26. The average Bonchev–Trinajstić information content (AvgIpc) is 2.89. The van der Waals surface area contributed by atoms with Crippen LogP contribution in [0.25, 0.3) is 0 Å². The first-order valence-corrected chi connectivity index (χ1v) is 14.2. The van der Waals surface area contributed by atoms with E-state index in [9.17, 15) is 9.59 Å². The Morgan fingerprint density at radius 2 is 1.79 bits per heavy atom. The lowest BCUT2D eigenvalue weighted by atomic mass is 10.0. The summed E-state index contributed by atoms with van der Waals surface area (Å²) in [6.45, 7) is 9.32. The van der Waals surface area contributed by atoms with Gasteiger partial charge in [0.25, 0.3) is 0 Å². The molecular formula is C29H37Cl2N3O4. The Morgan fingerprint density at radius 1 is 1.00 bits per heavy atom. The molecule has 9 heteroatoms. The molecule has 2 aromatic carbocycles. The second-order valence-electron chi connectivity index (χ2n) is 10.3. The van der Waals surface area contributed by atoms with Crippen molar-refractivity contribution in [1.29, 1.82) is 0 Å². The van der Waals surface area contributed by atoms with Crippen molar-refractivity contribution in [3.63, 3.8) is 0 Å². The van der Waals surface area contributed by atoms with Crippen molar-refractivity contribution in [1.82, 2.24) is 4.90 Å². The van der Waals surface area contributed by atoms with Crippen LogP contribution in [-0.2, 0) is 20.7 Å². The summed E-state index contributed by atoms with van der Waals surface area (Å²) >= 11 is 12.6. The first kappa shape index (κ1) is 28.5. The van der Waals surface area contributed by atoms with Crippen molar-refractivity contribution < 1.29 is 19.1 Å². The highest BCUT2D eigenvalue weighted by molar-refractivity contribution is 6.43. The zero-order valence-electron chi connectivity index (χ0n) is 22.3. The number of unbranched alkanes of at least 4 members (excludes halogenated alkanes) is 1. The maximum Gasteiger partial charge on any atom is 0.307 e. The van der Waals surface area contributed by atoms with Crippen molar-refractivity contribution in [2.45, 2.75) is 46.0 Å². The first-order chi connectivity index (χ1) is 18.3. The van der Waals surface area contributed by atoms with Gasteiger partial charge >= 0.3 is 5.97 Å². The third-order valence-electron chi connectivity index (χ3n) is 6.97. The Hall–Kier alpha value is -2.48. The molecule has 1 fully saturated rings. The van der Waals surface area contributed by atoms with Gasteiger partial charge < -0.3 is 14.4 Å². The molecule has 0 radical (unpaired) electrons. The summed E-state index contributed by atoms with van der Waals surface area (Å²) in [5.41, 5.74) is 2.84.